The monoisotopic (exact) mass is 473 g/mol. The van der Waals surface area contributed by atoms with E-state index in [0.717, 1.165) is 47.5 Å². The smallest absolute Gasteiger partial charge is 0.161 e. The SMILES string of the molecule is OCC1C(O)C(O)C(O)CN1CCCCCOCc1ccc(-c2ccc3c(c2)OCCO3)cc1. The van der Waals surface area contributed by atoms with Crippen LogP contribution < -0.4 is 9.47 Å². The lowest BCUT2D eigenvalue weighted by Crippen LogP contribution is -2.62. The Morgan fingerprint density at radius 1 is 0.853 bits per heavy atom. The zero-order chi connectivity index (χ0) is 23.9. The van der Waals surface area contributed by atoms with Gasteiger partial charge in [-0.15, -0.1) is 0 Å². The van der Waals surface area contributed by atoms with Crippen molar-refractivity contribution in [3.8, 4) is 22.6 Å². The fourth-order valence-electron chi connectivity index (χ4n) is 4.54. The van der Waals surface area contributed by atoms with Crippen LogP contribution in [0.4, 0.5) is 0 Å². The van der Waals surface area contributed by atoms with Crippen molar-refractivity contribution < 1.29 is 34.6 Å². The summed E-state index contributed by atoms with van der Waals surface area (Å²) in [4.78, 5) is 1.85. The maximum absolute atomic E-state index is 10.0. The molecule has 0 saturated carbocycles. The zero-order valence-electron chi connectivity index (χ0n) is 19.4. The highest BCUT2D eigenvalue weighted by atomic mass is 16.6. The van der Waals surface area contributed by atoms with Crippen LogP contribution in [0.3, 0.4) is 0 Å². The Labute approximate surface area is 200 Å². The summed E-state index contributed by atoms with van der Waals surface area (Å²) >= 11 is 0. The van der Waals surface area contributed by atoms with Gasteiger partial charge < -0.3 is 34.6 Å². The van der Waals surface area contributed by atoms with Gasteiger partial charge in [0.05, 0.1) is 25.4 Å². The van der Waals surface area contributed by atoms with Crippen molar-refractivity contribution >= 4 is 0 Å². The van der Waals surface area contributed by atoms with Gasteiger partial charge >= 0.3 is 0 Å². The highest BCUT2D eigenvalue weighted by Gasteiger charge is 2.40. The quantitative estimate of drug-likeness (QED) is 0.385. The number of benzene rings is 2. The standard InChI is InChI=1S/C26H35NO7/c28-16-21-25(30)26(31)22(29)15-27(21)10-2-1-3-11-32-17-18-4-6-19(7-5-18)20-8-9-23-24(14-20)34-13-12-33-23/h4-9,14,21-22,25-26,28-31H,1-3,10-13,15-17H2. The third kappa shape index (κ3) is 6.07. The van der Waals surface area contributed by atoms with E-state index >= 15 is 0 Å². The predicted molar refractivity (Wildman–Crippen MR) is 127 cm³/mol. The van der Waals surface area contributed by atoms with Gasteiger partial charge in [-0.2, -0.15) is 0 Å². The molecule has 2 aliphatic rings. The molecule has 0 spiro atoms. The van der Waals surface area contributed by atoms with Crippen LogP contribution >= 0.6 is 0 Å². The summed E-state index contributed by atoms with van der Waals surface area (Å²) in [6, 6.07) is 13.8. The molecule has 8 nitrogen and oxygen atoms in total. The Balaban J connectivity index is 1.14. The van der Waals surface area contributed by atoms with Gasteiger partial charge in [-0.25, -0.2) is 0 Å². The summed E-state index contributed by atoms with van der Waals surface area (Å²) in [5, 5.41) is 39.2. The van der Waals surface area contributed by atoms with Crippen LogP contribution in [0.25, 0.3) is 11.1 Å². The predicted octanol–water partition coefficient (Wildman–Crippen LogP) is 1.57. The number of aliphatic hydroxyl groups is 4. The summed E-state index contributed by atoms with van der Waals surface area (Å²) in [6.07, 6.45) is -0.648. The van der Waals surface area contributed by atoms with Crippen molar-refractivity contribution in [3.05, 3.63) is 48.0 Å². The van der Waals surface area contributed by atoms with E-state index in [9.17, 15) is 20.4 Å². The molecule has 2 aromatic carbocycles. The molecule has 1 fully saturated rings. The third-order valence-electron chi connectivity index (χ3n) is 6.55. The molecule has 2 heterocycles. The molecule has 2 aliphatic heterocycles. The average Bonchev–Trinajstić information content (AvgIpc) is 2.87. The molecular weight excluding hydrogens is 438 g/mol. The number of piperidine rings is 1. The van der Waals surface area contributed by atoms with E-state index in [1.54, 1.807) is 0 Å². The maximum atomic E-state index is 10.0. The van der Waals surface area contributed by atoms with E-state index in [0.29, 0.717) is 33.0 Å². The van der Waals surface area contributed by atoms with Crippen LogP contribution in [-0.2, 0) is 11.3 Å². The lowest BCUT2D eigenvalue weighted by Gasteiger charge is -2.43. The summed E-state index contributed by atoms with van der Waals surface area (Å²) in [7, 11) is 0. The van der Waals surface area contributed by atoms with E-state index in [2.05, 4.69) is 24.3 Å². The van der Waals surface area contributed by atoms with Gasteiger partial charge in [0.15, 0.2) is 11.5 Å². The van der Waals surface area contributed by atoms with Crippen LogP contribution in [0.2, 0.25) is 0 Å². The van der Waals surface area contributed by atoms with Crippen molar-refractivity contribution in [1.82, 2.24) is 4.90 Å². The number of ether oxygens (including phenoxy) is 3. The van der Waals surface area contributed by atoms with Crippen LogP contribution in [0, 0.1) is 0 Å². The largest absolute Gasteiger partial charge is 0.486 e. The van der Waals surface area contributed by atoms with Crippen molar-refractivity contribution in [2.24, 2.45) is 0 Å². The van der Waals surface area contributed by atoms with Crippen LogP contribution in [0.15, 0.2) is 42.5 Å². The number of rotatable bonds is 10. The summed E-state index contributed by atoms with van der Waals surface area (Å²) < 4.78 is 17.1. The van der Waals surface area contributed by atoms with E-state index in [-0.39, 0.29) is 13.2 Å². The Bertz CT molecular complexity index is 907. The normalized spacial score (nSPS) is 24.8. The highest BCUT2D eigenvalue weighted by molar-refractivity contribution is 5.67. The molecule has 34 heavy (non-hydrogen) atoms. The number of β-amino-alcohol motifs (C(OH)–C–C–N with tert-alkyl or cyclic N) is 1. The first-order chi connectivity index (χ1) is 16.6. The van der Waals surface area contributed by atoms with E-state index in [4.69, 9.17) is 14.2 Å². The van der Waals surface area contributed by atoms with Gasteiger partial charge in [0.25, 0.3) is 0 Å². The van der Waals surface area contributed by atoms with Gasteiger partial charge in [0, 0.05) is 13.2 Å². The molecule has 186 valence electrons. The van der Waals surface area contributed by atoms with E-state index < -0.39 is 24.4 Å². The number of fused-ring (bicyclic) bond motifs is 1. The topological polar surface area (TPSA) is 112 Å². The fourth-order valence-corrected chi connectivity index (χ4v) is 4.54. The van der Waals surface area contributed by atoms with Gasteiger partial charge in [0.1, 0.15) is 25.4 Å². The Kier molecular flexibility index (Phi) is 8.77. The molecule has 0 aromatic heterocycles. The van der Waals surface area contributed by atoms with Crippen molar-refractivity contribution in [3.63, 3.8) is 0 Å². The van der Waals surface area contributed by atoms with Crippen LogP contribution in [0.5, 0.6) is 11.5 Å². The first kappa shape index (κ1) is 24.9. The molecule has 8 heteroatoms. The second-order valence-electron chi connectivity index (χ2n) is 8.96. The summed E-state index contributed by atoms with van der Waals surface area (Å²) in [6.45, 7) is 3.01. The minimum absolute atomic E-state index is 0.248. The van der Waals surface area contributed by atoms with Crippen molar-refractivity contribution in [2.45, 2.75) is 50.2 Å². The minimum atomic E-state index is -1.21. The number of likely N-dealkylation sites (tertiary alicyclic amines) is 1. The molecule has 4 unspecified atom stereocenters. The molecule has 4 rings (SSSR count). The molecule has 4 atom stereocenters. The second kappa shape index (κ2) is 12.0. The van der Waals surface area contributed by atoms with E-state index in [1.807, 2.05) is 23.1 Å². The molecule has 2 aromatic rings. The number of hydrogen-bond donors (Lipinski definition) is 4. The lowest BCUT2D eigenvalue weighted by molar-refractivity contribution is -0.145. The molecular formula is C26H35NO7. The van der Waals surface area contributed by atoms with Crippen molar-refractivity contribution in [2.75, 3.05) is 39.5 Å². The summed E-state index contributed by atoms with van der Waals surface area (Å²) in [5.74, 6) is 1.58. The van der Waals surface area contributed by atoms with Crippen molar-refractivity contribution in [1.29, 1.82) is 0 Å². The zero-order valence-corrected chi connectivity index (χ0v) is 19.4. The van der Waals surface area contributed by atoms with Gasteiger partial charge in [-0.05, 0) is 54.6 Å². The van der Waals surface area contributed by atoms with Gasteiger partial charge in [0.2, 0.25) is 0 Å². The highest BCUT2D eigenvalue weighted by Crippen LogP contribution is 2.34. The Morgan fingerprint density at radius 3 is 2.35 bits per heavy atom. The molecule has 0 bridgehead atoms. The number of hydrogen-bond acceptors (Lipinski definition) is 8. The lowest BCUT2D eigenvalue weighted by atomic mass is 9.94. The Morgan fingerprint density at radius 2 is 1.59 bits per heavy atom. The molecule has 1 saturated heterocycles. The first-order valence-electron chi connectivity index (χ1n) is 12.0. The Hall–Kier alpha value is -2.20. The van der Waals surface area contributed by atoms with Crippen LogP contribution in [0.1, 0.15) is 24.8 Å². The van der Waals surface area contributed by atoms with Crippen LogP contribution in [-0.4, -0.2) is 89.2 Å². The number of nitrogens with zero attached hydrogens (tertiary/aromatic N) is 1. The minimum Gasteiger partial charge on any atom is -0.486 e. The second-order valence-corrected chi connectivity index (χ2v) is 8.96. The average molecular weight is 474 g/mol. The molecule has 0 aliphatic carbocycles. The van der Waals surface area contributed by atoms with Gasteiger partial charge in [-0.3, -0.25) is 4.90 Å². The van der Waals surface area contributed by atoms with E-state index in [1.165, 1.54) is 0 Å². The molecule has 0 radical (unpaired) electrons. The molecule has 4 N–H and O–H groups in total. The third-order valence-corrected chi connectivity index (χ3v) is 6.55. The first-order valence-corrected chi connectivity index (χ1v) is 12.0. The molecule has 0 amide bonds. The van der Waals surface area contributed by atoms with Gasteiger partial charge in [-0.1, -0.05) is 30.3 Å². The maximum Gasteiger partial charge on any atom is 0.161 e. The number of unbranched alkanes of at least 4 members (excludes halogenated alkanes) is 2. The number of aliphatic hydroxyl groups excluding tert-OH is 4. The summed E-state index contributed by atoms with van der Waals surface area (Å²) in [5.41, 5.74) is 3.31. The fraction of sp³-hybridized carbons (Fsp3) is 0.538.